The number of esters is 1. The van der Waals surface area contributed by atoms with Crippen molar-refractivity contribution in [3.63, 3.8) is 0 Å². The molecule has 1 atom stereocenters. The SMILES string of the molecule is C=N/C(=C\C=C(C)C)c1ccc(C(CC)(CC)c2ccc(/C=C/C(C)(O)CCC)c(C)c2)cc1C.CC.CCOC(C)=O. The van der Waals surface area contributed by atoms with E-state index in [0.717, 1.165) is 42.5 Å². The topological polar surface area (TPSA) is 58.9 Å². The van der Waals surface area contributed by atoms with Crippen molar-refractivity contribution < 1.29 is 14.6 Å². The molecule has 0 aliphatic heterocycles. The van der Waals surface area contributed by atoms with Gasteiger partial charge in [-0.15, -0.1) is 0 Å². The Labute approximate surface area is 263 Å². The third-order valence-corrected chi connectivity index (χ3v) is 7.56. The van der Waals surface area contributed by atoms with Gasteiger partial charge in [0.15, 0.2) is 0 Å². The number of aliphatic hydroxyl groups is 1. The maximum Gasteiger partial charge on any atom is 0.302 e. The minimum absolute atomic E-state index is 0.0601. The number of nitrogens with zero attached hydrogens (tertiary/aromatic N) is 1. The lowest BCUT2D eigenvalue weighted by atomic mass is 9.69. The van der Waals surface area contributed by atoms with Gasteiger partial charge >= 0.3 is 5.97 Å². The maximum absolute atomic E-state index is 10.5. The second kappa shape index (κ2) is 19.9. The molecule has 2 rings (SSSR count). The monoisotopic (exact) mass is 589 g/mol. The number of rotatable bonds is 12. The predicted molar refractivity (Wildman–Crippen MR) is 189 cm³/mol. The molecule has 0 amide bonds. The van der Waals surface area contributed by atoms with Gasteiger partial charge in [-0.25, -0.2) is 0 Å². The van der Waals surface area contributed by atoms with Crippen molar-refractivity contribution in [3.8, 4) is 0 Å². The Morgan fingerprint density at radius 2 is 1.49 bits per heavy atom. The normalized spacial score (nSPS) is 12.7. The van der Waals surface area contributed by atoms with Crippen LogP contribution in [0, 0.1) is 13.8 Å². The largest absolute Gasteiger partial charge is 0.466 e. The number of aryl methyl sites for hydroxylation is 2. The summed E-state index contributed by atoms with van der Waals surface area (Å²) in [7, 11) is 0. The molecule has 4 nitrogen and oxygen atoms in total. The van der Waals surface area contributed by atoms with Crippen LogP contribution in [0.4, 0.5) is 0 Å². The molecule has 0 saturated carbocycles. The van der Waals surface area contributed by atoms with Crippen LogP contribution in [0.15, 0.2) is 65.2 Å². The van der Waals surface area contributed by atoms with Gasteiger partial charge in [-0.2, -0.15) is 0 Å². The fourth-order valence-corrected chi connectivity index (χ4v) is 5.18. The smallest absolute Gasteiger partial charge is 0.302 e. The zero-order valence-corrected chi connectivity index (χ0v) is 29.2. The van der Waals surface area contributed by atoms with Crippen molar-refractivity contribution in [3.05, 3.63) is 93.6 Å². The molecule has 0 aliphatic carbocycles. The zero-order chi connectivity index (χ0) is 33.2. The van der Waals surface area contributed by atoms with Gasteiger partial charge < -0.3 is 9.84 Å². The molecule has 0 fully saturated rings. The van der Waals surface area contributed by atoms with Gasteiger partial charge in [0.25, 0.3) is 0 Å². The van der Waals surface area contributed by atoms with E-state index in [1.165, 1.54) is 34.8 Å². The van der Waals surface area contributed by atoms with Crippen LogP contribution in [0.5, 0.6) is 0 Å². The summed E-state index contributed by atoms with van der Waals surface area (Å²) >= 11 is 0. The zero-order valence-electron chi connectivity index (χ0n) is 29.2. The number of carbonyl (C=O) groups is 1. The van der Waals surface area contributed by atoms with Gasteiger partial charge in [-0.05, 0) is 101 Å². The lowest BCUT2D eigenvalue weighted by Gasteiger charge is -2.34. The molecule has 1 unspecified atom stereocenters. The molecule has 0 aliphatic rings. The lowest BCUT2D eigenvalue weighted by molar-refractivity contribution is -0.140. The van der Waals surface area contributed by atoms with E-state index in [9.17, 15) is 9.90 Å². The van der Waals surface area contributed by atoms with Gasteiger partial charge in [0.05, 0.1) is 17.9 Å². The number of hydrogen-bond donors (Lipinski definition) is 1. The van der Waals surface area contributed by atoms with Crippen LogP contribution >= 0.6 is 0 Å². The summed E-state index contributed by atoms with van der Waals surface area (Å²) in [5.74, 6) is -0.211. The molecule has 0 heterocycles. The number of benzene rings is 2. The predicted octanol–water partition coefficient (Wildman–Crippen LogP) is 10.6. The molecule has 43 heavy (non-hydrogen) atoms. The molecular formula is C39H59NO3. The van der Waals surface area contributed by atoms with E-state index in [0.29, 0.717) is 6.61 Å². The van der Waals surface area contributed by atoms with Gasteiger partial charge in [-0.3, -0.25) is 9.79 Å². The van der Waals surface area contributed by atoms with E-state index in [-0.39, 0.29) is 11.4 Å². The Morgan fingerprint density at radius 1 is 0.930 bits per heavy atom. The van der Waals surface area contributed by atoms with Crippen molar-refractivity contribution in [2.75, 3.05) is 6.61 Å². The minimum Gasteiger partial charge on any atom is -0.466 e. The van der Waals surface area contributed by atoms with E-state index < -0.39 is 5.60 Å². The second-order valence-corrected chi connectivity index (χ2v) is 11.2. The van der Waals surface area contributed by atoms with Crippen LogP contribution in [0.1, 0.15) is 128 Å². The fourth-order valence-electron chi connectivity index (χ4n) is 5.18. The molecule has 0 radical (unpaired) electrons. The summed E-state index contributed by atoms with van der Waals surface area (Å²) in [4.78, 5) is 14.1. The number of aliphatic imine (C=N–C) groups is 1. The summed E-state index contributed by atoms with van der Waals surface area (Å²) in [6.07, 6.45) is 11.9. The molecule has 2 aromatic carbocycles. The highest BCUT2D eigenvalue weighted by Gasteiger charge is 2.31. The van der Waals surface area contributed by atoms with Crippen molar-refractivity contribution in [2.24, 2.45) is 4.99 Å². The van der Waals surface area contributed by atoms with Crippen LogP contribution < -0.4 is 0 Å². The van der Waals surface area contributed by atoms with Gasteiger partial charge in [0, 0.05) is 17.9 Å². The summed E-state index contributed by atoms with van der Waals surface area (Å²) in [5, 5.41) is 10.5. The third-order valence-electron chi connectivity index (χ3n) is 7.56. The first-order chi connectivity index (χ1) is 20.3. The number of hydrogen-bond acceptors (Lipinski definition) is 4. The lowest BCUT2D eigenvalue weighted by Crippen LogP contribution is -2.26. The average Bonchev–Trinajstić information content (AvgIpc) is 2.96. The Hall–Kier alpha value is -3.24. The molecule has 4 heteroatoms. The van der Waals surface area contributed by atoms with Gasteiger partial charge in [0.1, 0.15) is 0 Å². The van der Waals surface area contributed by atoms with Crippen LogP contribution in [0.2, 0.25) is 0 Å². The van der Waals surface area contributed by atoms with Crippen molar-refractivity contribution in [1.29, 1.82) is 0 Å². The molecule has 0 aromatic heterocycles. The highest BCUT2D eigenvalue weighted by molar-refractivity contribution is 5.72. The van der Waals surface area contributed by atoms with E-state index in [4.69, 9.17) is 0 Å². The number of carbonyl (C=O) groups excluding carboxylic acids is 1. The Morgan fingerprint density at radius 3 is 1.88 bits per heavy atom. The molecule has 0 spiro atoms. The second-order valence-electron chi connectivity index (χ2n) is 11.2. The quantitative estimate of drug-likeness (QED) is 0.152. The van der Waals surface area contributed by atoms with E-state index in [1.807, 2.05) is 32.9 Å². The molecule has 0 bridgehead atoms. The van der Waals surface area contributed by atoms with E-state index in [1.54, 1.807) is 6.92 Å². The highest BCUT2D eigenvalue weighted by atomic mass is 16.5. The first-order valence-electron chi connectivity index (χ1n) is 15.9. The third kappa shape index (κ3) is 12.5. The average molecular weight is 590 g/mol. The number of allylic oxidation sites excluding steroid dienone is 3. The maximum atomic E-state index is 10.5. The van der Waals surface area contributed by atoms with Crippen molar-refractivity contribution in [2.45, 2.75) is 120 Å². The standard InChI is InChI=1S/C33H45NO.C4H8O2.C2H6/c1-10-20-32(8,35)21-19-27-14-15-28(22-25(27)6)33(11-2,12-3)29-16-17-30(26(7)23-29)31(34-9)18-13-24(4)5;1-3-6-4(2)5;1-2/h13-19,21-23,35H,9-12,20H2,1-8H3;3H2,1-2H3;1-2H3/b21-19+,31-18-;;. The molecular weight excluding hydrogens is 530 g/mol. The Balaban J connectivity index is 0.00000196. The van der Waals surface area contributed by atoms with Crippen LogP contribution in [-0.2, 0) is 14.9 Å². The van der Waals surface area contributed by atoms with E-state index >= 15 is 0 Å². The summed E-state index contributed by atoms with van der Waals surface area (Å²) in [6, 6.07) is 13.6. The van der Waals surface area contributed by atoms with E-state index in [2.05, 4.69) is 113 Å². The van der Waals surface area contributed by atoms with Crippen LogP contribution in [-0.4, -0.2) is 30.0 Å². The highest BCUT2D eigenvalue weighted by Crippen LogP contribution is 2.41. The molecule has 2 aromatic rings. The fraction of sp³-hybridized carbons (Fsp3) is 0.487. The van der Waals surface area contributed by atoms with Crippen molar-refractivity contribution in [1.82, 2.24) is 0 Å². The minimum atomic E-state index is -0.769. The van der Waals surface area contributed by atoms with Crippen LogP contribution in [0.3, 0.4) is 0 Å². The first kappa shape index (κ1) is 39.8. The molecule has 1 N–H and O–H groups in total. The Kier molecular flexibility index (Phi) is 18.4. The molecule has 238 valence electrons. The van der Waals surface area contributed by atoms with Gasteiger partial charge in [0.2, 0.25) is 0 Å². The summed E-state index contributed by atoms with van der Waals surface area (Å²) < 4.78 is 4.40. The Bertz CT molecular complexity index is 1240. The van der Waals surface area contributed by atoms with Crippen molar-refractivity contribution >= 4 is 24.5 Å². The number of ether oxygens (including phenoxy) is 1. The first-order valence-corrected chi connectivity index (χ1v) is 15.9. The molecule has 0 saturated heterocycles. The van der Waals surface area contributed by atoms with Gasteiger partial charge in [-0.1, -0.05) is 101 Å². The van der Waals surface area contributed by atoms with Crippen LogP contribution in [0.25, 0.3) is 11.8 Å². The summed E-state index contributed by atoms with van der Waals surface area (Å²) in [6.45, 7) is 28.5. The summed E-state index contributed by atoms with van der Waals surface area (Å²) in [5.41, 5.74) is 8.71.